The van der Waals surface area contributed by atoms with Crippen molar-refractivity contribution in [3.8, 4) is 0 Å². The summed E-state index contributed by atoms with van der Waals surface area (Å²) < 4.78 is 1.69. The lowest BCUT2D eigenvalue weighted by molar-refractivity contribution is 0.235. The van der Waals surface area contributed by atoms with Gasteiger partial charge in [-0.2, -0.15) is 0 Å². The van der Waals surface area contributed by atoms with Gasteiger partial charge in [0.25, 0.3) is 0 Å². The number of nitrogens with zero attached hydrogens (tertiary/aromatic N) is 1. The topological polar surface area (TPSA) is 63.1 Å². The Morgan fingerprint density at radius 2 is 2.21 bits per heavy atom. The van der Waals surface area contributed by atoms with Gasteiger partial charge in [-0.05, 0) is 55.2 Å². The molecular weight excluding hydrogens is 322 g/mol. The highest BCUT2D eigenvalue weighted by molar-refractivity contribution is 7.10. The molecule has 5 nitrogen and oxygen atoms in total. The molecule has 6 heteroatoms. The normalized spacial score (nSPS) is 16.4. The Morgan fingerprint density at radius 1 is 1.29 bits per heavy atom. The second-order valence-electron chi connectivity index (χ2n) is 6.08. The quantitative estimate of drug-likeness (QED) is 0.790. The van der Waals surface area contributed by atoms with Crippen LogP contribution in [-0.4, -0.2) is 17.1 Å². The summed E-state index contributed by atoms with van der Waals surface area (Å²) in [6.07, 6.45) is 6.78. The van der Waals surface area contributed by atoms with Crippen molar-refractivity contribution >= 4 is 17.4 Å². The zero-order valence-electron chi connectivity index (χ0n) is 13.7. The molecule has 0 fully saturated rings. The molecule has 2 aromatic heterocycles. The monoisotopic (exact) mass is 345 g/mol. The van der Waals surface area contributed by atoms with Crippen molar-refractivity contribution in [1.29, 1.82) is 0 Å². The largest absolute Gasteiger partial charge is 0.338 e. The number of urea groups is 1. The van der Waals surface area contributed by atoms with Gasteiger partial charge in [-0.15, -0.1) is 11.3 Å². The fourth-order valence-corrected chi connectivity index (χ4v) is 4.09. The molecule has 0 aliphatic heterocycles. The fourth-order valence-electron chi connectivity index (χ4n) is 3.10. The van der Waals surface area contributed by atoms with Crippen molar-refractivity contribution in [2.24, 2.45) is 0 Å². The third-order valence-electron chi connectivity index (χ3n) is 4.37. The maximum absolute atomic E-state index is 12.1. The van der Waals surface area contributed by atoms with E-state index in [0.717, 1.165) is 32.1 Å². The molecule has 0 aromatic carbocycles. The van der Waals surface area contributed by atoms with E-state index >= 15 is 0 Å². The van der Waals surface area contributed by atoms with Gasteiger partial charge in [-0.25, -0.2) is 4.79 Å². The average molecular weight is 345 g/mol. The molecule has 2 N–H and O–H groups in total. The summed E-state index contributed by atoms with van der Waals surface area (Å²) in [5, 5.41) is 8.11. The highest BCUT2D eigenvalue weighted by Crippen LogP contribution is 2.33. The molecule has 1 atom stereocenters. The smallest absolute Gasteiger partial charge is 0.315 e. The first-order chi connectivity index (χ1) is 11.7. The molecule has 2 heterocycles. The van der Waals surface area contributed by atoms with Crippen LogP contribution in [0.5, 0.6) is 0 Å². The van der Waals surface area contributed by atoms with Crippen LogP contribution in [-0.2, 0) is 13.0 Å². The molecule has 0 spiro atoms. The molecule has 0 saturated heterocycles. The SMILES string of the molecule is O=C(NCCCCn1ccccc1=O)NC1CCCc2sccc21. The number of pyridine rings is 1. The maximum Gasteiger partial charge on any atom is 0.315 e. The molecule has 2 aromatic rings. The van der Waals surface area contributed by atoms with Gasteiger partial charge >= 0.3 is 6.03 Å². The first kappa shape index (κ1) is 16.8. The molecule has 24 heavy (non-hydrogen) atoms. The Hall–Kier alpha value is -2.08. The number of unbranched alkanes of at least 4 members (excludes halogenated alkanes) is 1. The molecule has 0 radical (unpaired) electrons. The number of aryl methyl sites for hydroxylation is 2. The zero-order chi connectivity index (χ0) is 16.8. The van der Waals surface area contributed by atoms with E-state index in [1.165, 1.54) is 10.4 Å². The van der Waals surface area contributed by atoms with Crippen LogP contribution in [0, 0.1) is 0 Å². The molecule has 1 unspecified atom stereocenters. The van der Waals surface area contributed by atoms with E-state index in [9.17, 15) is 9.59 Å². The molecule has 128 valence electrons. The summed E-state index contributed by atoms with van der Waals surface area (Å²) in [4.78, 5) is 25.0. The number of carbonyl (C=O) groups excluding carboxylic acids is 1. The van der Waals surface area contributed by atoms with Crippen LogP contribution >= 0.6 is 11.3 Å². The number of aromatic nitrogens is 1. The van der Waals surface area contributed by atoms with Gasteiger partial charge < -0.3 is 15.2 Å². The highest BCUT2D eigenvalue weighted by Gasteiger charge is 2.22. The Morgan fingerprint density at radius 3 is 3.08 bits per heavy atom. The van der Waals surface area contributed by atoms with Crippen LogP contribution < -0.4 is 16.2 Å². The van der Waals surface area contributed by atoms with E-state index in [2.05, 4.69) is 22.1 Å². The number of carbonyl (C=O) groups is 1. The van der Waals surface area contributed by atoms with Gasteiger partial charge in [0.1, 0.15) is 0 Å². The summed E-state index contributed by atoms with van der Waals surface area (Å²) in [5.41, 5.74) is 1.30. The number of rotatable bonds is 6. The molecule has 3 rings (SSSR count). The summed E-state index contributed by atoms with van der Waals surface area (Å²) in [6.45, 7) is 1.31. The van der Waals surface area contributed by atoms with Gasteiger partial charge in [0.2, 0.25) is 5.56 Å². The molecule has 1 aliphatic rings. The van der Waals surface area contributed by atoms with E-state index in [-0.39, 0.29) is 17.6 Å². The number of hydrogen-bond donors (Lipinski definition) is 2. The second-order valence-corrected chi connectivity index (χ2v) is 7.08. The standard InChI is InChI=1S/C18H23N3O2S/c22-17-8-1-3-11-21(17)12-4-2-10-19-18(23)20-15-6-5-7-16-14(15)9-13-24-16/h1,3,8-9,11,13,15H,2,4-7,10,12H2,(H2,19,20,23). The molecule has 2 amide bonds. The number of hydrogen-bond acceptors (Lipinski definition) is 3. The summed E-state index contributed by atoms with van der Waals surface area (Å²) in [5.74, 6) is 0. The molecule has 0 bridgehead atoms. The zero-order valence-corrected chi connectivity index (χ0v) is 14.5. The van der Waals surface area contributed by atoms with E-state index in [0.29, 0.717) is 13.1 Å². The van der Waals surface area contributed by atoms with Crippen LogP contribution in [0.1, 0.15) is 42.2 Å². The molecule has 0 saturated carbocycles. The third-order valence-corrected chi connectivity index (χ3v) is 5.36. The number of nitrogens with one attached hydrogen (secondary N) is 2. The summed E-state index contributed by atoms with van der Waals surface area (Å²) >= 11 is 1.78. The predicted molar refractivity (Wildman–Crippen MR) is 96.5 cm³/mol. The summed E-state index contributed by atoms with van der Waals surface area (Å²) in [6, 6.07) is 7.33. The number of fused-ring (bicyclic) bond motifs is 1. The predicted octanol–water partition coefficient (Wildman–Crippen LogP) is 3.07. The van der Waals surface area contributed by atoms with Crippen LogP contribution in [0.3, 0.4) is 0 Å². The fraction of sp³-hybridized carbons (Fsp3) is 0.444. The van der Waals surface area contributed by atoms with E-state index in [1.807, 2.05) is 6.07 Å². The van der Waals surface area contributed by atoms with E-state index in [4.69, 9.17) is 0 Å². The minimum atomic E-state index is -0.101. The van der Waals surface area contributed by atoms with Crippen LogP contribution in [0.15, 0.2) is 40.6 Å². The minimum Gasteiger partial charge on any atom is -0.338 e. The first-order valence-electron chi connectivity index (χ1n) is 8.50. The van der Waals surface area contributed by atoms with Crippen molar-refractivity contribution in [1.82, 2.24) is 15.2 Å². The van der Waals surface area contributed by atoms with Gasteiger partial charge in [0, 0.05) is 30.2 Å². The van der Waals surface area contributed by atoms with Crippen LogP contribution in [0.2, 0.25) is 0 Å². The second kappa shape index (κ2) is 8.15. The van der Waals surface area contributed by atoms with Crippen LogP contribution in [0.25, 0.3) is 0 Å². The highest BCUT2D eigenvalue weighted by atomic mass is 32.1. The Bertz CT molecular complexity index is 738. The van der Waals surface area contributed by atoms with Gasteiger partial charge in [-0.3, -0.25) is 4.79 Å². The van der Waals surface area contributed by atoms with E-state index in [1.54, 1.807) is 34.2 Å². The van der Waals surface area contributed by atoms with Gasteiger partial charge in [0.15, 0.2) is 0 Å². The van der Waals surface area contributed by atoms with Crippen molar-refractivity contribution in [2.45, 2.75) is 44.7 Å². The lowest BCUT2D eigenvalue weighted by Gasteiger charge is -2.23. The Kier molecular flexibility index (Phi) is 5.69. The Balaban J connectivity index is 1.36. The van der Waals surface area contributed by atoms with Gasteiger partial charge in [-0.1, -0.05) is 6.07 Å². The lowest BCUT2D eigenvalue weighted by Crippen LogP contribution is -2.39. The summed E-state index contributed by atoms with van der Waals surface area (Å²) in [7, 11) is 0. The van der Waals surface area contributed by atoms with Gasteiger partial charge in [0.05, 0.1) is 6.04 Å². The third kappa shape index (κ3) is 4.26. The van der Waals surface area contributed by atoms with Crippen molar-refractivity contribution in [2.75, 3.05) is 6.54 Å². The van der Waals surface area contributed by atoms with Crippen molar-refractivity contribution < 1.29 is 4.79 Å². The number of amides is 2. The maximum atomic E-state index is 12.1. The van der Waals surface area contributed by atoms with Crippen molar-refractivity contribution in [3.63, 3.8) is 0 Å². The minimum absolute atomic E-state index is 0.0204. The number of thiophene rings is 1. The van der Waals surface area contributed by atoms with E-state index < -0.39 is 0 Å². The average Bonchev–Trinajstić information content (AvgIpc) is 3.06. The van der Waals surface area contributed by atoms with Crippen LogP contribution in [0.4, 0.5) is 4.79 Å². The molecule has 1 aliphatic carbocycles. The molecular formula is C18H23N3O2S. The Labute approximate surface area is 145 Å². The van der Waals surface area contributed by atoms with Crippen molar-refractivity contribution in [3.05, 3.63) is 56.6 Å². The lowest BCUT2D eigenvalue weighted by atomic mass is 9.94. The first-order valence-corrected chi connectivity index (χ1v) is 9.38.